The number of carbonyl (C=O) groups is 1. The molecule has 27 heavy (non-hydrogen) atoms. The molecule has 2 aromatic heterocycles. The average molecular weight is 370 g/mol. The number of nitrogens with one attached hydrogen (secondary N) is 1. The van der Waals surface area contributed by atoms with E-state index in [0.717, 1.165) is 43.5 Å². The lowest BCUT2D eigenvalue weighted by Crippen LogP contribution is -2.45. The number of nitrogens with zero attached hydrogens (tertiary/aromatic N) is 5. The van der Waals surface area contributed by atoms with Crippen molar-refractivity contribution >= 4 is 17.5 Å². The summed E-state index contributed by atoms with van der Waals surface area (Å²) in [6.07, 6.45) is 1.50. The maximum absolute atomic E-state index is 12.5. The van der Waals surface area contributed by atoms with Crippen molar-refractivity contribution < 1.29 is 9.53 Å². The lowest BCUT2D eigenvalue weighted by molar-refractivity contribution is 0.102. The molecular formula is C19H26N6O2. The van der Waals surface area contributed by atoms with Crippen molar-refractivity contribution in [2.75, 3.05) is 50.1 Å². The number of carbonyl (C=O) groups excluding carboxylic acids is 1. The fourth-order valence-corrected chi connectivity index (χ4v) is 2.96. The molecule has 3 heterocycles. The van der Waals surface area contributed by atoms with Gasteiger partial charge in [-0.1, -0.05) is 0 Å². The molecule has 0 radical (unpaired) electrons. The maximum Gasteiger partial charge on any atom is 0.257 e. The van der Waals surface area contributed by atoms with E-state index in [9.17, 15) is 4.79 Å². The van der Waals surface area contributed by atoms with Crippen molar-refractivity contribution in [3.05, 3.63) is 35.3 Å². The first kappa shape index (κ1) is 19.0. The first-order valence-electron chi connectivity index (χ1n) is 9.17. The van der Waals surface area contributed by atoms with Gasteiger partial charge in [0.25, 0.3) is 5.91 Å². The van der Waals surface area contributed by atoms with E-state index in [2.05, 4.69) is 37.1 Å². The zero-order valence-corrected chi connectivity index (χ0v) is 16.3. The molecule has 1 amide bonds. The molecule has 8 nitrogen and oxygen atoms in total. The van der Waals surface area contributed by atoms with Gasteiger partial charge in [-0.2, -0.15) is 0 Å². The number of hydrogen-bond acceptors (Lipinski definition) is 7. The van der Waals surface area contributed by atoms with Gasteiger partial charge in [-0.3, -0.25) is 4.79 Å². The van der Waals surface area contributed by atoms with Gasteiger partial charge in [0.2, 0.25) is 11.8 Å². The standard InChI is InChI=1S/C19H26N6O2/c1-5-27-16-7-6-15(12-20-16)18(26)23-17-13(2)21-19(22-14(17)3)25-10-8-24(4)9-11-25/h6-7,12H,5,8-11H2,1-4H3,(H,23,26). The second-order valence-electron chi connectivity index (χ2n) is 6.63. The zero-order chi connectivity index (χ0) is 19.4. The molecule has 2 aromatic rings. The minimum Gasteiger partial charge on any atom is -0.478 e. The Morgan fingerprint density at radius 3 is 2.37 bits per heavy atom. The van der Waals surface area contributed by atoms with Gasteiger partial charge in [-0.05, 0) is 33.9 Å². The van der Waals surface area contributed by atoms with Crippen molar-refractivity contribution in [3.63, 3.8) is 0 Å². The number of piperazine rings is 1. The van der Waals surface area contributed by atoms with Crippen LogP contribution in [0.1, 0.15) is 28.7 Å². The highest BCUT2D eigenvalue weighted by molar-refractivity contribution is 6.04. The molecule has 1 aliphatic rings. The summed E-state index contributed by atoms with van der Waals surface area (Å²) in [6.45, 7) is 9.99. The summed E-state index contributed by atoms with van der Waals surface area (Å²) in [5.41, 5.74) is 2.61. The Morgan fingerprint density at radius 1 is 1.15 bits per heavy atom. The second-order valence-corrected chi connectivity index (χ2v) is 6.63. The average Bonchev–Trinajstić information content (AvgIpc) is 2.66. The van der Waals surface area contributed by atoms with Crippen molar-refractivity contribution in [1.82, 2.24) is 19.9 Å². The molecule has 0 unspecified atom stereocenters. The molecule has 0 spiro atoms. The lowest BCUT2D eigenvalue weighted by atomic mass is 10.2. The van der Waals surface area contributed by atoms with Gasteiger partial charge in [0.15, 0.2) is 0 Å². The molecule has 0 atom stereocenters. The molecule has 1 fully saturated rings. The molecule has 0 saturated carbocycles. The lowest BCUT2D eigenvalue weighted by Gasteiger charge is -2.32. The van der Waals surface area contributed by atoms with Crippen LogP contribution >= 0.6 is 0 Å². The normalized spacial score (nSPS) is 14.9. The smallest absolute Gasteiger partial charge is 0.257 e. The molecule has 1 aliphatic heterocycles. The van der Waals surface area contributed by atoms with E-state index in [0.29, 0.717) is 23.7 Å². The summed E-state index contributed by atoms with van der Waals surface area (Å²) in [5.74, 6) is 0.979. The first-order chi connectivity index (χ1) is 13.0. The molecule has 144 valence electrons. The van der Waals surface area contributed by atoms with Crippen LogP contribution in [0.5, 0.6) is 5.88 Å². The second kappa shape index (κ2) is 8.30. The fourth-order valence-electron chi connectivity index (χ4n) is 2.96. The largest absolute Gasteiger partial charge is 0.478 e. The van der Waals surface area contributed by atoms with Crippen LogP contribution in [0.2, 0.25) is 0 Å². The summed E-state index contributed by atoms with van der Waals surface area (Å²) < 4.78 is 5.30. The third-order valence-corrected chi connectivity index (χ3v) is 4.57. The van der Waals surface area contributed by atoms with Crippen molar-refractivity contribution in [3.8, 4) is 5.88 Å². The summed E-state index contributed by atoms with van der Waals surface area (Å²) in [7, 11) is 2.11. The van der Waals surface area contributed by atoms with E-state index in [-0.39, 0.29) is 5.91 Å². The molecule has 3 rings (SSSR count). The van der Waals surface area contributed by atoms with Crippen LogP contribution in [-0.2, 0) is 0 Å². The van der Waals surface area contributed by atoms with Crippen LogP contribution in [-0.4, -0.2) is 65.6 Å². The minimum absolute atomic E-state index is 0.243. The van der Waals surface area contributed by atoms with E-state index in [1.807, 2.05) is 20.8 Å². The number of pyridine rings is 1. The number of likely N-dealkylation sites (N-methyl/N-ethyl adjacent to an activating group) is 1. The highest BCUT2D eigenvalue weighted by atomic mass is 16.5. The topological polar surface area (TPSA) is 83.5 Å². The van der Waals surface area contributed by atoms with Gasteiger partial charge in [0.05, 0.1) is 29.2 Å². The number of amides is 1. The van der Waals surface area contributed by atoms with Crippen LogP contribution in [0.3, 0.4) is 0 Å². The summed E-state index contributed by atoms with van der Waals surface area (Å²) in [6, 6.07) is 3.38. The van der Waals surface area contributed by atoms with E-state index in [4.69, 9.17) is 4.74 Å². The number of ether oxygens (including phenoxy) is 1. The van der Waals surface area contributed by atoms with Gasteiger partial charge in [0.1, 0.15) is 0 Å². The van der Waals surface area contributed by atoms with Crippen molar-refractivity contribution in [2.45, 2.75) is 20.8 Å². The fraction of sp³-hybridized carbons (Fsp3) is 0.474. The van der Waals surface area contributed by atoms with E-state index in [1.54, 1.807) is 12.1 Å². The van der Waals surface area contributed by atoms with Crippen LogP contribution in [0.25, 0.3) is 0 Å². The van der Waals surface area contributed by atoms with Crippen molar-refractivity contribution in [2.24, 2.45) is 0 Å². The van der Waals surface area contributed by atoms with E-state index in [1.165, 1.54) is 6.20 Å². The van der Waals surface area contributed by atoms with Gasteiger partial charge in [0, 0.05) is 38.4 Å². The molecule has 1 N–H and O–H groups in total. The molecule has 0 bridgehead atoms. The maximum atomic E-state index is 12.5. The summed E-state index contributed by atoms with van der Waals surface area (Å²) >= 11 is 0. The molecule has 1 saturated heterocycles. The zero-order valence-electron chi connectivity index (χ0n) is 16.3. The van der Waals surface area contributed by atoms with Gasteiger partial charge < -0.3 is 19.9 Å². The Labute approximate surface area is 159 Å². The van der Waals surface area contributed by atoms with E-state index >= 15 is 0 Å². The van der Waals surface area contributed by atoms with Crippen LogP contribution < -0.4 is 15.0 Å². The quantitative estimate of drug-likeness (QED) is 0.860. The van der Waals surface area contributed by atoms with Crippen LogP contribution in [0, 0.1) is 13.8 Å². The third-order valence-electron chi connectivity index (χ3n) is 4.57. The number of aromatic nitrogens is 3. The van der Waals surface area contributed by atoms with E-state index < -0.39 is 0 Å². The Balaban J connectivity index is 1.73. The molecule has 0 aliphatic carbocycles. The first-order valence-corrected chi connectivity index (χ1v) is 9.17. The van der Waals surface area contributed by atoms with Crippen LogP contribution in [0.4, 0.5) is 11.6 Å². The Hall–Kier alpha value is -2.74. The minimum atomic E-state index is -0.243. The number of rotatable bonds is 5. The Morgan fingerprint density at radius 2 is 1.81 bits per heavy atom. The molecule has 8 heteroatoms. The highest BCUT2D eigenvalue weighted by Gasteiger charge is 2.19. The molecule has 0 aromatic carbocycles. The Bertz CT molecular complexity index is 777. The SMILES string of the molecule is CCOc1ccc(C(=O)Nc2c(C)nc(N3CCN(C)CC3)nc2C)cn1. The van der Waals surface area contributed by atoms with Gasteiger partial charge in [-0.15, -0.1) is 0 Å². The number of hydrogen-bond donors (Lipinski definition) is 1. The van der Waals surface area contributed by atoms with Crippen LogP contribution in [0.15, 0.2) is 18.3 Å². The van der Waals surface area contributed by atoms with Gasteiger partial charge >= 0.3 is 0 Å². The highest BCUT2D eigenvalue weighted by Crippen LogP contribution is 2.22. The monoisotopic (exact) mass is 370 g/mol. The molecular weight excluding hydrogens is 344 g/mol. The predicted octanol–water partition coefficient (Wildman–Crippen LogP) is 1.89. The predicted molar refractivity (Wildman–Crippen MR) is 105 cm³/mol. The number of anilines is 2. The summed E-state index contributed by atoms with van der Waals surface area (Å²) in [4.78, 5) is 30.4. The summed E-state index contributed by atoms with van der Waals surface area (Å²) in [5, 5.41) is 2.91. The third kappa shape index (κ3) is 4.51. The van der Waals surface area contributed by atoms with Crippen molar-refractivity contribution in [1.29, 1.82) is 0 Å². The number of aryl methyl sites for hydroxylation is 2. The van der Waals surface area contributed by atoms with Gasteiger partial charge in [-0.25, -0.2) is 15.0 Å². The Kier molecular flexibility index (Phi) is 5.85.